The Bertz CT molecular complexity index is 1180. The van der Waals surface area contributed by atoms with Crippen molar-refractivity contribution >= 4 is 17.6 Å². The number of nitrogens with two attached hydrogens (primary N) is 1. The number of aromatic nitrogens is 1. The Balaban J connectivity index is 2.21. The average molecular weight is 409 g/mol. The Morgan fingerprint density at radius 3 is 2.60 bits per heavy atom. The lowest BCUT2D eigenvalue weighted by Crippen LogP contribution is -2.52. The van der Waals surface area contributed by atoms with E-state index in [0.717, 1.165) is 0 Å². The number of likely N-dealkylation sites (N-methyl/N-ethyl adjacent to an activating group) is 1. The van der Waals surface area contributed by atoms with Crippen LogP contribution in [0, 0.1) is 6.92 Å². The molecule has 3 heterocycles. The van der Waals surface area contributed by atoms with Crippen molar-refractivity contribution in [3.8, 4) is 5.75 Å². The highest BCUT2D eigenvalue weighted by Crippen LogP contribution is 2.54. The molecule has 0 fully saturated rings. The van der Waals surface area contributed by atoms with E-state index >= 15 is 0 Å². The maximum Gasteiger partial charge on any atom is 0.341 e. The topological polar surface area (TPSA) is 104 Å². The van der Waals surface area contributed by atoms with Crippen molar-refractivity contribution in [3.05, 3.63) is 69.0 Å². The standard InChI is InChI=1S/C22H23N3O5/c1-5-25-14-10-8-7-9-13(14)22(21(25)28)16-15(11-12(3)24(4)19(16)26)30-18(23)17(22)20(27)29-6-2/h7-11H,5-6,23H2,1-4H3. The van der Waals surface area contributed by atoms with Gasteiger partial charge in [0, 0.05) is 36.6 Å². The third kappa shape index (κ3) is 2.30. The number of ether oxygens (including phenoxy) is 2. The molecule has 4 rings (SSSR count). The van der Waals surface area contributed by atoms with E-state index in [0.29, 0.717) is 23.5 Å². The van der Waals surface area contributed by atoms with Crippen molar-refractivity contribution in [2.45, 2.75) is 26.2 Å². The van der Waals surface area contributed by atoms with Gasteiger partial charge in [-0.15, -0.1) is 0 Å². The first-order chi connectivity index (χ1) is 14.3. The van der Waals surface area contributed by atoms with Crippen LogP contribution in [-0.4, -0.2) is 29.6 Å². The summed E-state index contributed by atoms with van der Waals surface area (Å²) in [7, 11) is 1.61. The number of aryl methyl sites for hydroxylation is 1. The number of rotatable bonds is 3. The molecule has 2 aliphatic rings. The minimum absolute atomic E-state index is 0.0706. The number of hydrogen-bond donors (Lipinski definition) is 1. The van der Waals surface area contributed by atoms with Gasteiger partial charge in [-0.3, -0.25) is 9.59 Å². The molecule has 30 heavy (non-hydrogen) atoms. The molecule has 0 saturated heterocycles. The van der Waals surface area contributed by atoms with Crippen LogP contribution in [0.25, 0.3) is 0 Å². The van der Waals surface area contributed by atoms with Crippen molar-refractivity contribution in [2.75, 3.05) is 18.1 Å². The molecule has 1 unspecified atom stereocenters. The van der Waals surface area contributed by atoms with Gasteiger partial charge in [0.15, 0.2) is 0 Å². The monoisotopic (exact) mass is 409 g/mol. The van der Waals surface area contributed by atoms with E-state index in [9.17, 15) is 14.4 Å². The van der Waals surface area contributed by atoms with Gasteiger partial charge in [-0.2, -0.15) is 0 Å². The Morgan fingerprint density at radius 1 is 1.23 bits per heavy atom. The third-order valence-corrected chi connectivity index (χ3v) is 5.81. The molecule has 1 atom stereocenters. The highest BCUT2D eigenvalue weighted by molar-refractivity contribution is 6.18. The molecule has 2 aromatic rings. The second-order valence-corrected chi connectivity index (χ2v) is 7.27. The summed E-state index contributed by atoms with van der Waals surface area (Å²) in [5.41, 5.74) is 5.70. The molecule has 0 radical (unpaired) electrons. The van der Waals surface area contributed by atoms with E-state index in [1.165, 1.54) is 4.57 Å². The molecule has 0 bridgehead atoms. The number of fused-ring (bicyclic) bond motifs is 4. The number of hydrogen-bond acceptors (Lipinski definition) is 6. The number of amides is 1. The fourth-order valence-corrected chi connectivity index (χ4v) is 4.40. The second-order valence-electron chi connectivity index (χ2n) is 7.27. The molecule has 2 N–H and O–H groups in total. The van der Waals surface area contributed by atoms with Gasteiger partial charge in [0.2, 0.25) is 11.8 Å². The molecular formula is C22H23N3O5. The van der Waals surface area contributed by atoms with Crippen LogP contribution in [0.1, 0.15) is 30.7 Å². The van der Waals surface area contributed by atoms with Crippen LogP contribution >= 0.6 is 0 Å². The molecule has 1 aromatic heterocycles. The van der Waals surface area contributed by atoms with Crippen molar-refractivity contribution in [1.29, 1.82) is 0 Å². The first kappa shape index (κ1) is 19.8. The Morgan fingerprint density at radius 2 is 1.93 bits per heavy atom. The fourth-order valence-electron chi connectivity index (χ4n) is 4.40. The van der Waals surface area contributed by atoms with Crippen LogP contribution in [-0.2, 0) is 26.8 Å². The van der Waals surface area contributed by atoms with E-state index in [4.69, 9.17) is 15.2 Å². The van der Waals surface area contributed by atoms with Gasteiger partial charge in [-0.05, 0) is 26.8 Å². The molecule has 8 heteroatoms. The number of carbonyl (C=O) groups excluding carboxylic acids is 2. The predicted octanol–water partition coefficient (Wildman–Crippen LogP) is 1.47. The Labute approximate surface area is 173 Å². The van der Waals surface area contributed by atoms with Gasteiger partial charge in [0.05, 0.1) is 12.2 Å². The Hall–Kier alpha value is -3.55. The highest BCUT2D eigenvalue weighted by Gasteiger charge is 2.62. The number of nitrogens with zero attached hydrogens (tertiary/aromatic N) is 2. The smallest absolute Gasteiger partial charge is 0.341 e. The van der Waals surface area contributed by atoms with E-state index < -0.39 is 22.9 Å². The van der Waals surface area contributed by atoms with E-state index in [-0.39, 0.29) is 29.4 Å². The molecule has 0 saturated carbocycles. The zero-order chi connectivity index (χ0) is 21.8. The minimum atomic E-state index is -1.74. The summed E-state index contributed by atoms with van der Waals surface area (Å²) in [6, 6.07) is 8.75. The Kier molecular flexibility index (Phi) is 4.45. The van der Waals surface area contributed by atoms with E-state index in [1.54, 1.807) is 56.1 Å². The van der Waals surface area contributed by atoms with Gasteiger partial charge in [0.1, 0.15) is 16.7 Å². The fraction of sp³-hybridized carbons (Fsp3) is 0.318. The van der Waals surface area contributed by atoms with Crippen LogP contribution < -0.4 is 20.9 Å². The van der Waals surface area contributed by atoms with Gasteiger partial charge in [0.25, 0.3) is 5.56 Å². The number of para-hydroxylation sites is 1. The molecular weight excluding hydrogens is 386 g/mol. The van der Waals surface area contributed by atoms with Crippen molar-refractivity contribution < 1.29 is 19.1 Å². The summed E-state index contributed by atoms with van der Waals surface area (Å²) in [6.07, 6.45) is 0. The zero-order valence-electron chi connectivity index (χ0n) is 17.3. The summed E-state index contributed by atoms with van der Waals surface area (Å²) in [5, 5.41) is 0. The molecule has 1 aromatic carbocycles. The summed E-state index contributed by atoms with van der Waals surface area (Å²) in [5.74, 6) is -1.29. The van der Waals surface area contributed by atoms with Crippen LogP contribution in [0.3, 0.4) is 0 Å². The van der Waals surface area contributed by atoms with Crippen molar-refractivity contribution in [3.63, 3.8) is 0 Å². The quantitative estimate of drug-likeness (QED) is 0.770. The lowest BCUT2D eigenvalue weighted by Gasteiger charge is -2.35. The van der Waals surface area contributed by atoms with Crippen LogP contribution in [0.5, 0.6) is 5.75 Å². The number of anilines is 1. The van der Waals surface area contributed by atoms with Gasteiger partial charge in [-0.25, -0.2) is 4.79 Å². The van der Waals surface area contributed by atoms with Gasteiger partial charge < -0.3 is 24.7 Å². The van der Waals surface area contributed by atoms with Gasteiger partial charge >= 0.3 is 5.97 Å². The lowest BCUT2D eigenvalue weighted by molar-refractivity contribution is -0.140. The van der Waals surface area contributed by atoms with Crippen molar-refractivity contribution in [1.82, 2.24) is 4.57 Å². The van der Waals surface area contributed by atoms with E-state index in [2.05, 4.69) is 0 Å². The van der Waals surface area contributed by atoms with Crippen LogP contribution in [0.4, 0.5) is 5.69 Å². The molecule has 156 valence electrons. The maximum atomic E-state index is 14.0. The first-order valence-electron chi connectivity index (χ1n) is 9.78. The first-order valence-corrected chi connectivity index (χ1v) is 9.78. The molecule has 2 aliphatic heterocycles. The number of esters is 1. The molecule has 1 amide bonds. The summed E-state index contributed by atoms with van der Waals surface area (Å²) >= 11 is 0. The third-order valence-electron chi connectivity index (χ3n) is 5.81. The van der Waals surface area contributed by atoms with Crippen molar-refractivity contribution in [2.24, 2.45) is 12.8 Å². The second kappa shape index (κ2) is 6.76. The number of carbonyl (C=O) groups is 2. The maximum absolute atomic E-state index is 14.0. The normalized spacial score (nSPS) is 19.6. The summed E-state index contributed by atoms with van der Waals surface area (Å²) < 4.78 is 12.4. The largest absolute Gasteiger partial charge is 0.462 e. The number of benzene rings is 1. The summed E-state index contributed by atoms with van der Waals surface area (Å²) in [4.78, 5) is 42.1. The summed E-state index contributed by atoms with van der Waals surface area (Å²) in [6.45, 7) is 5.68. The van der Waals surface area contributed by atoms with Crippen LogP contribution in [0.2, 0.25) is 0 Å². The van der Waals surface area contributed by atoms with Gasteiger partial charge in [-0.1, -0.05) is 18.2 Å². The molecule has 1 spiro atoms. The molecule has 8 nitrogen and oxygen atoms in total. The number of pyridine rings is 1. The zero-order valence-corrected chi connectivity index (χ0v) is 17.3. The lowest BCUT2D eigenvalue weighted by atomic mass is 9.68. The average Bonchev–Trinajstić information content (AvgIpc) is 2.95. The minimum Gasteiger partial charge on any atom is -0.462 e. The van der Waals surface area contributed by atoms with Crippen LogP contribution in [0.15, 0.2) is 46.6 Å². The molecule has 0 aliphatic carbocycles. The highest BCUT2D eigenvalue weighted by atomic mass is 16.5. The SMILES string of the molecule is CCOC(=O)C1=C(N)Oc2cc(C)n(C)c(=O)c2C12C(=O)N(CC)c1ccccc12. The van der Waals surface area contributed by atoms with E-state index in [1.807, 2.05) is 6.92 Å². The predicted molar refractivity (Wildman–Crippen MR) is 110 cm³/mol.